The van der Waals surface area contributed by atoms with Crippen molar-refractivity contribution in [1.29, 1.82) is 0 Å². The average molecular weight is 260 g/mol. The number of methoxy groups -OCH3 is 2. The number of Topliss-reactive ketones (excluding diaryl/α,β-unsaturated/α-hetero) is 1. The number of fused-ring (bicyclic) bond motifs is 1. The van der Waals surface area contributed by atoms with Crippen LogP contribution in [0.15, 0.2) is 24.5 Å². The van der Waals surface area contributed by atoms with Crippen LogP contribution in [-0.2, 0) is 31.9 Å². The largest absolute Gasteiger partial charge is 0.503 e. The van der Waals surface area contributed by atoms with Crippen LogP contribution in [0.25, 0.3) is 5.57 Å². The van der Waals surface area contributed by atoms with E-state index in [0.29, 0.717) is 18.4 Å². The van der Waals surface area contributed by atoms with Crippen LogP contribution in [0.5, 0.6) is 0 Å². The van der Waals surface area contributed by atoms with Gasteiger partial charge in [-0.1, -0.05) is 18.2 Å². The van der Waals surface area contributed by atoms with E-state index in [9.17, 15) is 9.59 Å². The van der Waals surface area contributed by atoms with Crippen molar-refractivity contribution in [2.24, 2.45) is 0 Å². The molecule has 2 rings (SSSR count). The van der Waals surface area contributed by atoms with Gasteiger partial charge in [-0.05, 0) is 23.1 Å². The second-order valence-electron chi connectivity index (χ2n) is 4.42. The summed E-state index contributed by atoms with van der Waals surface area (Å²) in [5.41, 5.74) is 3.09. The summed E-state index contributed by atoms with van der Waals surface area (Å²) in [6.45, 7) is 0. The fourth-order valence-electron chi connectivity index (χ4n) is 2.34. The van der Waals surface area contributed by atoms with Gasteiger partial charge in [0.15, 0.2) is 0 Å². The molecule has 1 aromatic carbocycles. The first kappa shape index (κ1) is 13.3. The van der Waals surface area contributed by atoms with Crippen LogP contribution in [0, 0.1) is 0 Å². The molecule has 0 spiro atoms. The molecule has 0 saturated carbocycles. The Balaban J connectivity index is 2.52. The molecule has 1 aliphatic carbocycles. The van der Waals surface area contributed by atoms with Gasteiger partial charge in [0.1, 0.15) is 11.4 Å². The molecular weight excluding hydrogens is 244 g/mol. The number of carbonyl (C=O) groups excluding carboxylic acids is 2. The second kappa shape index (κ2) is 5.69. The average Bonchev–Trinajstić information content (AvgIpc) is 2.43. The Morgan fingerprint density at radius 2 is 2.05 bits per heavy atom. The molecule has 100 valence electrons. The number of aryl methyl sites for hydroxylation is 1. The highest BCUT2D eigenvalue weighted by Crippen LogP contribution is 2.28. The molecule has 0 saturated heterocycles. The summed E-state index contributed by atoms with van der Waals surface area (Å²) >= 11 is 0. The van der Waals surface area contributed by atoms with E-state index in [1.807, 2.05) is 18.2 Å². The van der Waals surface area contributed by atoms with E-state index in [1.165, 1.54) is 20.5 Å². The summed E-state index contributed by atoms with van der Waals surface area (Å²) in [6, 6.07) is 5.70. The quantitative estimate of drug-likeness (QED) is 0.473. The van der Waals surface area contributed by atoms with Crippen molar-refractivity contribution >= 4 is 17.3 Å². The van der Waals surface area contributed by atoms with Crippen LogP contribution >= 0.6 is 0 Å². The summed E-state index contributed by atoms with van der Waals surface area (Å²) in [7, 11) is 2.80. The van der Waals surface area contributed by atoms with Gasteiger partial charge in [-0.2, -0.15) is 0 Å². The summed E-state index contributed by atoms with van der Waals surface area (Å²) in [4.78, 5) is 23.4. The van der Waals surface area contributed by atoms with Crippen LogP contribution in [0.2, 0.25) is 0 Å². The monoisotopic (exact) mass is 260 g/mol. The Kier molecular flexibility index (Phi) is 4.00. The molecule has 0 amide bonds. The van der Waals surface area contributed by atoms with Gasteiger partial charge in [0.25, 0.3) is 0 Å². The molecule has 0 radical (unpaired) electrons. The fourth-order valence-corrected chi connectivity index (χ4v) is 2.34. The first-order valence-corrected chi connectivity index (χ1v) is 6.11. The number of ketones is 1. The second-order valence-corrected chi connectivity index (χ2v) is 4.42. The Morgan fingerprint density at radius 3 is 2.74 bits per heavy atom. The van der Waals surface area contributed by atoms with Gasteiger partial charge in [-0.15, -0.1) is 0 Å². The lowest BCUT2D eigenvalue weighted by Crippen LogP contribution is -2.17. The Hall–Kier alpha value is -2.10. The predicted octanol–water partition coefficient (Wildman–Crippen LogP) is 1.90. The van der Waals surface area contributed by atoms with Crippen LogP contribution in [0.1, 0.15) is 23.1 Å². The van der Waals surface area contributed by atoms with Crippen molar-refractivity contribution in [1.82, 2.24) is 0 Å². The van der Waals surface area contributed by atoms with Crippen LogP contribution in [-0.4, -0.2) is 26.0 Å². The highest BCUT2D eigenvalue weighted by molar-refractivity contribution is 6.16. The normalized spacial score (nSPS) is 14.8. The first-order valence-electron chi connectivity index (χ1n) is 6.11. The molecule has 4 heteroatoms. The lowest BCUT2D eigenvalue weighted by atomic mass is 9.85. The number of hydrogen-bond donors (Lipinski definition) is 0. The topological polar surface area (TPSA) is 52.6 Å². The van der Waals surface area contributed by atoms with Crippen LogP contribution in [0.3, 0.4) is 0 Å². The third-order valence-electron chi connectivity index (χ3n) is 3.25. The molecule has 0 fully saturated rings. The molecular formula is C15H16O4. The molecule has 0 N–H and O–H groups in total. The maximum Gasteiger partial charge on any atom is 0.341 e. The smallest absolute Gasteiger partial charge is 0.341 e. The van der Waals surface area contributed by atoms with Gasteiger partial charge in [-0.25, -0.2) is 4.79 Å². The molecule has 0 aromatic heterocycles. The zero-order chi connectivity index (χ0) is 13.8. The number of carbonyl (C=O) groups is 2. The van der Waals surface area contributed by atoms with Crippen molar-refractivity contribution < 1.29 is 19.1 Å². The van der Waals surface area contributed by atoms with Crippen molar-refractivity contribution in [3.8, 4) is 0 Å². The van der Waals surface area contributed by atoms with Gasteiger partial charge in [-0.3, -0.25) is 4.79 Å². The molecule has 19 heavy (non-hydrogen) atoms. The minimum atomic E-state index is -0.465. The van der Waals surface area contributed by atoms with E-state index in [4.69, 9.17) is 9.47 Å². The zero-order valence-electron chi connectivity index (χ0n) is 11.1. The van der Waals surface area contributed by atoms with Crippen molar-refractivity contribution in [3.63, 3.8) is 0 Å². The van der Waals surface area contributed by atoms with E-state index in [2.05, 4.69) is 0 Å². The molecule has 0 atom stereocenters. The minimum Gasteiger partial charge on any atom is -0.503 e. The Morgan fingerprint density at radius 1 is 1.26 bits per heavy atom. The summed E-state index contributed by atoms with van der Waals surface area (Å²) in [5.74, 6) is -0.269. The molecule has 0 aliphatic heterocycles. The number of ether oxygens (including phenoxy) is 2. The summed E-state index contributed by atoms with van der Waals surface area (Å²) in [6.07, 6.45) is 3.02. The Bertz CT molecular complexity index is 543. The van der Waals surface area contributed by atoms with Gasteiger partial charge in [0, 0.05) is 12.8 Å². The maximum atomic E-state index is 11.8. The van der Waals surface area contributed by atoms with E-state index in [1.54, 1.807) is 0 Å². The first-order chi connectivity index (χ1) is 9.17. The molecule has 0 unspecified atom stereocenters. The highest BCUT2D eigenvalue weighted by atomic mass is 16.5. The van der Waals surface area contributed by atoms with Gasteiger partial charge in [0.05, 0.1) is 20.5 Å². The molecule has 1 aromatic rings. The number of benzene rings is 1. The van der Waals surface area contributed by atoms with E-state index in [-0.39, 0.29) is 5.78 Å². The predicted molar refractivity (Wildman–Crippen MR) is 70.5 cm³/mol. The zero-order valence-corrected chi connectivity index (χ0v) is 11.1. The SMILES string of the molecule is CO/C=C(/C(=O)OC)c1cccc2c1CC(=O)CC2. The van der Waals surface area contributed by atoms with Gasteiger partial charge in [0.2, 0.25) is 0 Å². The van der Waals surface area contributed by atoms with Crippen LogP contribution < -0.4 is 0 Å². The maximum absolute atomic E-state index is 11.8. The van der Waals surface area contributed by atoms with Crippen molar-refractivity contribution in [3.05, 3.63) is 41.2 Å². The van der Waals surface area contributed by atoms with Crippen LogP contribution in [0.4, 0.5) is 0 Å². The molecule has 1 aliphatic rings. The standard InChI is InChI=1S/C15H16O4/c1-18-9-14(15(17)19-2)12-5-3-4-10-6-7-11(16)8-13(10)12/h3-5,9H,6-8H2,1-2H3/b14-9+. The van der Waals surface area contributed by atoms with Gasteiger partial charge >= 0.3 is 5.97 Å². The van der Waals surface area contributed by atoms with Crippen molar-refractivity contribution in [2.45, 2.75) is 19.3 Å². The molecule has 0 bridgehead atoms. The Labute approximate surface area is 112 Å². The summed E-state index contributed by atoms with van der Waals surface area (Å²) in [5, 5.41) is 0. The lowest BCUT2D eigenvalue weighted by Gasteiger charge is -2.19. The summed E-state index contributed by atoms with van der Waals surface area (Å²) < 4.78 is 9.72. The molecule has 0 heterocycles. The van der Waals surface area contributed by atoms with E-state index in [0.717, 1.165) is 23.1 Å². The van der Waals surface area contributed by atoms with Gasteiger partial charge < -0.3 is 9.47 Å². The van der Waals surface area contributed by atoms with E-state index >= 15 is 0 Å². The highest BCUT2D eigenvalue weighted by Gasteiger charge is 2.23. The minimum absolute atomic E-state index is 0.196. The van der Waals surface area contributed by atoms with E-state index < -0.39 is 5.97 Å². The van der Waals surface area contributed by atoms with Crippen molar-refractivity contribution in [2.75, 3.05) is 14.2 Å². The lowest BCUT2D eigenvalue weighted by molar-refractivity contribution is -0.133. The number of esters is 1. The third-order valence-corrected chi connectivity index (χ3v) is 3.25. The third kappa shape index (κ3) is 2.67. The number of hydrogen-bond acceptors (Lipinski definition) is 4. The fraction of sp³-hybridized carbons (Fsp3) is 0.333. The number of rotatable bonds is 3. The molecule has 4 nitrogen and oxygen atoms in total.